The van der Waals surface area contributed by atoms with Gasteiger partial charge in [-0.3, -0.25) is 9.59 Å². The quantitative estimate of drug-likeness (QED) is 0.604. The number of ketones is 1. The van der Waals surface area contributed by atoms with Gasteiger partial charge < -0.3 is 10.2 Å². The van der Waals surface area contributed by atoms with Crippen molar-refractivity contribution in [1.82, 2.24) is 0 Å². The normalized spacial score (nSPS) is 40.7. The van der Waals surface area contributed by atoms with Crippen LogP contribution in [0.5, 0.6) is 0 Å². The molecule has 0 spiro atoms. The third kappa shape index (κ3) is 4.33. The number of carbonyl (C=O) groups excluding carboxylic acids is 1. The number of carboxylic acid groups (broad SMARTS) is 1. The molecule has 4 nitrogen and oxygen atoms in total. The molecule has 2 N–H and O–H groups in total. The van der Waals surface area contributed by atoms with Gasteiger partial charge in [-0.15, -0.1) is 0 Å². The van der Waals surface area contributed by atoms with E-state index in [2.05, 4.69) is 20.8 Å². The Labute approximate surface area is 176 Å². The van der Waals surface area contributed by atoms with E-state index in [4.69, 9.17) is 5.11 Å². The number of rotatable bonds is 4. The lowest BCUT2D eigenvalue weighted by Gasteiger charge is -2.57. The van der Waals surface area contributed by atoms with E-state index in [1.807, 2.05) is 6.08 Å². The molecular formula is C25H40O4. The highest BCUT2D eigenvalue weighted by Gasteiger charge is 2.58. The minimum atomic E-state index is -0.682. The van der Waals surface area contributed by atoms with Gasteiger partial charge in [0.1, 0.15) is 0 Å². The van der Waals surface area contributed by atoms with Crippen LogP contribution >= 0.6 is 0 Å². The minimum Gasteiger partial charge on any atom is -0.481 e. The maximum Gasteiger partial charge on any atom is 0.303 e. The van der Waals surface area contributed by atoms with Gasteiger partial charge in [-0.05, 0) is 86.0 Å². The smallest absolute Gasteiger partial charge is 0.303 e. The molecule has 0 aromatic heterocycles. The summed E-state index contributed by atoms with van der Waals surface area (Å²) >= 11 is 0. The highest BCUT2D eigenvalue weighted by molar-refractivity contribution is 5.91. The summed E-state index contributed by atoms with van der Waals surface area (Å²) in [7, 11) is 0. The Morgan fingerprint density at radius 1 is 1.07 bits per heavy atom. The maximum absolute atomic E-state index is 11.8. The highest BCUT2D eigenvalue weighted by Crippen LogP contribution is 2.65. The zero-order chi connectivity index (χ0) is 21.2. The molecule has 0 aromatic carbocycles. The lowest BCUT2D eigenvalue weighted by molar-refractivity contribution is -0.137. The fraction of sp³-hybridized carbons (Fsp3) is 0.840. The molecular weight excluding hydrogens is 364 g/mol. The zero-order valence-electron chi connectivity index (χ0n) is 18.6. The average Bonchev–Trinajstić information content (AvgIpc) is 2.98. The van der Waals surface area contributed by atoms with Gasteiger partial charge in [0.05, 0.1) is 6.10 Å². The first-order chi connectivity index (χ1) is 13.7. The van der Waals surface area contributed by atoms with Crippen molar-refractivity contribution in [3.8, 4) is 0 Å². The van der Waals surface area contributed by atoms with Crippen LogP contribution in [0.25, 0.3) is 0 Å². The van der Waals surface area contributed by atoms with Gasteiger partial charge >= 0.3 is 5.97 Å². The minimum absolute atomic E-state index is 0.0823. The number of carboxylic acids is 1. The molecule has 164 valence electrons. The summed E-state index contributed by atoms with van der Waals surface area (Å²) in [5.41, 5.74) is 1.89. The van der Waals surface area contributed by atoms with Crippen LogP contribution in [-0.2, 0) is 9.59 Å². The first-order valence-electron chi connectivity index (χ1n) is 11.9. The van der Waals surface area contributed by atoms with Crippen LogP contribution in [0.2, 0.25) is 0 Å². The number of fused-ring (bicyclic) bond motifs is 5. The molecule has 3 fully saturated rings. The van der Waals surface area contributed by atoms with Crippen LogP contribution < -0.4 is 0 Å². The van der Waals surface area contributed by atoms with Crippen LogP contribution in [0, 0.1) is 28.6 Å². The fourth-order valence-electron chi connectivity index (χ4n) is 7.06. The molecule has 0 aliphatic heterocycles. The summed E-state index contributed by atoms with van der Waals surface area (Å²) in [5, 5.41) is 18.6. The van der Waals surface area contributed by atoms with Gasteiger partial charge in [0.2, 0.25) is 0 Å². The Morgan fingerprint density at radius 2 is 1.83 bits per heavy atom. The van der Waals surface area contributed by atoms with E-state index in [0.717, 1.165) is 56.8 Å². The number of aliphatic hydroxyl groups excluding tert-OH is 1. The van der Waals surface area contributed by atoms with Gasteiger partial charge in [-0.25, -0.2) is 0 Å². The van der Waals surface area contributed by atoms with Gasteiger partial charge in [-0.1, -0.05) is 39.2 Å². The third-order valence-electron chi connectivity index (χ3n) is 8.91. The largest absolute Gasteiger partial charge is 0.481 e. The number of aliphatic carboxylic acids is 1. The van der Waals surface area contributed by atoms with Crippen molar-refractivity contribution >= 4 is 11.8 Å². The van der Waals surface area contributed by atoms with E-state index >= 15 is 0 Å². The second-order valence-electron chi connectivity index (χ2n) is 10.5. The van der Waals surface area contributed by atoms with E-state index < -0.39 is 5.97 Å². The van der Waals surface area contributed by atoms with Gasteiger partial charge in [-0.2, -0.15) is 0 Å². The average molecular weight is 405 g/mol. The van der Waals surface area contributed by atoms with Crippen molar-refractivity contribution in [2.24, 2.45) is 28.6 Å². The van der Waals surface area contributed by atoms with Crippen molar-refractivity contribution < 1.29 is 19.8 Å². The molecule has 4 aliphatic rings. The molecule has 0 radical (unpaired) electrons. The van der Waals surface area contributed by atoms with Crippen molar-refractivity contribution in [2.45, 2.75) is 104 Å². The van der Waals surface area contributed by atoms with Gasteiger partial charge in [0.25, 0.3) is 0 Å². The summed E-state index contributed by atoms with van der Waals surface area (Å²) < 4.78 is 0. The lowest BCUT2D eigenvalue weighted by atomic mass is 9.47. The molecule has 0 amide bonds. The van der Waals surface area contributed by atoms with E-state index in [0.29, 0.717) is 18.1 Å². The Hall–Kier alpha value is -1.16. The summed E-state index contributed by atoms with van der Waals surface area (Å²) in [4.78, 5) is 21.7. The standard InChI is InChI=1S/C19H28O2.C6H12O2/c1-18-9-7-13(20)11-12(18)3-4-14-15-5-6-17(21)19(15,2)10-8-16(14)18;1-2-3-4-5-6(7)8/h11,14-17,21H,3-10H2,1-2H3;2-5H2,1H3,(H,7,8)/t14-,15-,16-,17-,18-,19-;/m0./s1. The van der Waals surface area contributed by atoms with Crippen molar-refractivity contribution in [2.75, 3.05) is 0 Å². The highest BCUT2D eigenvalue weighted by atomic mass is 16.4. The molecule has 6 atom stereocenters. The molecule has 29 heavy (non-hydrogen) atoms. The van der Waals surface area contributed by atoms with E-state index in [1.165, 1.54) is 31.3 Å². The van der Waals surface area contributed by atoms with Crippen molar-refractivity contribution in [1.29, 1.82) is 0 Å². The summed E-state index contributed by atoms with van der Waals surface area (Å²) in [5.74, 6) is 1.89. The van der Waals surface area contributed by atoms with E-state index in [1.54, 1.807) is 0 Å². The number of unbranched alkanes of at least 4 members (excludes halogenated alkanes) is 2. The molecule has 4 aliphatic carbocycles. The summed E-state index contributed by atoms with van der Waals surface area (Å²) in [6, 6.07) is 0. The fourth-order valence-corrected chi connectivity index (χ4v) is 7.06. The second kappa shape index (κ2) is 8.91. The van der Waals surface area contributed by atoms with Crippen LogP contribution in [0.4, 0.5) is 0 Å². The molecule has 3 saturated carbocycles. The Bertz CT molecular complexity index is 653. The Morgan fingerprint density at radius 3 is 2.52 bits per heavy atom. The lowest BCUT2D eigenvalue weighted by Crippen LogP contribution is -2.51. The number of hydrogen-bond donors (Lipinski definition) is 2. The number of hydrogen-bond acceptors (Lipinski definition) is 3. The summed E-state index contributed by atoms with van der Waals surface area (Å²) in [6.45, 7) is 6.82. The van der Waals surface area contributed by atoms with Crippen LogP contribution in [0.1, 0.15) is 97.8 Å². The Kier molecular flexibility index (Phi) is 6.92. The molecule has 0 heterocycles. The maximum atomic E-state index is 11.8. The monoisotopic (exact) mass is 404 g/mol. The first kappa shape index (κ1) is 22.5. The molecule has 4 rings (SSSR count). The van der Waals surface area contributed by atoms with E-state index in [-0.39, 0.29) is 16.9 Å². The molecule has 0 saturated heterocycles. The third-order valence-corrected chi connectivity index (χ3v) is 8.91. The molecule has 0 unspecified atom stereocenters. The molecule has 4 heteroatoms. The van der Waals surface area contributed by atoms with E-state index in [9.17, 15) is 14.7 Å². The first-order valence-corrected chi connectivity index (χ1v) is 11.9. The predicted octanol–water partition coefficient (Wildman–Crippen LogP) is 5.53. The number of allylic oxidation sites excluding steroid dienone is 1. The summed E-state index contributed by atoms with van der Waals surface area (Å²) in [6.07, 6.45) is 14.0. The van der Waals surface area contributed by atoms with Crippen LogP contribution in [0.3, 0.4) is 0 Å². The molecule has 0 bridgehead atoms. The SMILES string of the molecule is CCCCCC(=O)O.C[C@]12CC[C@H]3[C@@H](CCC4=CC(=O)CC[C@@]43C)[C@@H]1CC[C@@H]2O. The number of aliphatic hydroxyl groups is 1. The zero-order valence-corrected chi connectivity index (χ0v) is 18.6. The second-order valence-corrected chi connectivity index (χ2v) is 10.5. The van der Waals surface area contributed by atoms with Gasteiger partial charge in [0.15, 0.2) is 5.78 Å². The van der Waals surface area contributed by atoms with Crippen molar-refractivity contribution in [3.63, 3.8) is 0 Å². The van der Waals surface area contributed by atoms with Crippen LogP contribution in [0.15, 0.2) is 11.6 Å². The number of carbonyl (C=O) groups is 2. The molecule has 0 aromatic rings. The topological polar surface area (TPSA) is 74.6 Å². The van der Waals surface area contributed by atoms with Crippen LogP contribution in [-0.4, -0.2) is 28.1 Å². The Balaban J connectivity index is 0.000000258. The van der Waals surface area contributed by atoms with Crippen molar-refractivity contribution in [3.05, 3.63) is 11.6 Å². The van der Waals surface area contributed by atoms with Gasteiger partial charge in [0, 0.05) is 12.8 Å². The predicted molar refractivity (Wildman–Crippen MR) is 114 cm³/mol.